The Hall–Kier alpha value is -3.92. The molecule has 3 heterocycles. The summed E-state index contributed by atoms with van der Waals surface area (Å²) in [6.45, 7) is 1.39. The van der Waals surface area contributed by atoms with Crippen molar-refractivity contribution in [2.75, 3.05) is 28.6 Å². The van der Waals surface area contributed by atoms with Crippen LogP contribution in [0, 0.1) is 11.3 Å². The maximum absolute atomic E-state index is 13.0. The summed E-state index contributed by atoms with van der Waals surface area (Å²) in [6.07, 6.45) is 5.09. The zero-order chi connectivity index (χ0) is 20.1. The van der Waals surface area contributed by atoms with E-state index in [0.717, 1.165) is 30.6 Å². The van der Waals surface area contributed by atoms with Gasteiger partial charge in [0, 0.05) is 24.8 Å². The number of amides is 2. The van der Waals surface area contributed by atoms with Gasteiger partial charge in [-0.15, -0.1) is 0 Å². The Balaban J connectivity index is 1.71. The molecule has 0 atom stereocenters. The van der Waals surface area contributed by atoms with Crippen LogP contribution < -0.4 is 15.5 Å². The molecule has 0 unspecified atom stereocenters. The first-order chi connectivity index (χ1) is 14.2. The lowest BCUT2D eigenvalue weighted by Gasteiger charge is -2.27. The predicted molar refractivity (Wildman–Crippen MR) is 113 cm³/mol. The van der Waals surface area contributed by atoms with Crippen molar-refractivity contribution in [2.45, 2.75) is 12.8 Å². The van der Waals surface area contributed by atoms with Gasteiger partial charge in [0.15, 0.2) is 5.82 Å². The number of urea groups is 1. The summed E-state index contributed by atoms with van der Waals surface area (Å²) in [7, 11) is 0. The van der Waals surface area contributed by atoms with Crippen LogP contribution in [-0.4, -0.2) is 29.1 Å². The first kappa shape index (κ1) is 18.4. The number of aromatic nitrogens is 2. The third-order valence-corrected chi connectivity index (χ3v) is 4.70. The minimum absolute atomic E-state index is 0.252. The zero-order valence-corrected chi connectivity index (χ0v) is 15.8. The van der Waals surface area contributed by atoms with Gasteiger partial charge in [-0.1, -0.05) is 12.1 Å². The zero-order valence-electron chi connectivity index (χ0n) is 15.8. The average molecular weight is 384 g/mol. The third kappa shape index (κ3) is 4.17. The van der Waals surface area contributed by atoms with Gasteiger partial charge in [0.2, 0.25) is 0 Å². The number of rotatable bonds is 2. The molecular formula is C22H20N6O. The Morgan fingerprint density at radius 2 is 2.10 bits per heavy atom. The summed E-state index contributed by atoms with van der Waals surface area (Å²) in [5.74, 6) is 0.575. The summed E-state index contributed by atoms with van der Waals surface area (Å²) in [6, 6.07) is 16.6. The lowest BCUT2D eigenvalue weighted by molar-refractivity contribution is 0.256. The fourth-order valence-corrected chi connectivity index (χ4v) is 3.25. The number of hydrogen-bond acceptors (Lipinski definition) is 5. The Labute approximate surface area is 169 Å². The SMILES string of the molecule is N#Cc1cccc(-c2ccc3c(n2)N(C(=O)Nc2cccnc2)CCCCN3)c1. The van der Waals surface area contributed by atoms with Gasteiger partial charge in [-0.2, -0.15) is 5.26 Å². The molecule has 1 aliphatic heterocycles. The molecule has 1 aliphatic rings. The van der Waals surface area contributed by atoms with Crippen molar-refractivity contribution in [1.29, 1.82) is 5.26 Å². The van der Waals surface area contributed by atoms with Crippen molar-refractivity contribution in [3.8, 4) is 17.3 Å². The number of nitriles is 1. The Kier molecular flexibility index (Phi) is 5.34. The number of carbonyl (C=O) groups excluding carboxylic acids is 1. The number of pyridine rings is 2. The maximum Gasteiger partial charge on any atom is 0.327 e. The van der Waals surface area contributed by atoms with E-state index in [1.54, 1.807) is 41.6 Å². The van der Waals surface area contributed by atoms with Crippen molar-refractivity contribution >= 4 is 23.2 Å². The molecule has 0 saturated carbocycles. The van der Waals surface area contributed by atoms with Gasteiger partial charge in [-0.05, 0) is 49.2 Å². The molecule has 29 heavy (non-hydrogen) atoms. The van der Waals surface area contributed by atoms with E-state index < -0.39 is 0 Å². The van der Waals surface area contributed by atoms with Crippen LogP contribution in [0.2, 0.25) is 0 Å². The molecule has 3 aromatic rings. The highest BCUT2D eigenvalue weighted by molar-refractivity contribution is 6.03. The number of nitrogens with one attached hydrogen (secondary N) is 2. The molecule has 7 nitrogen and oxygen atoms in total. The molecule has 4 rings (SSSR count). The largest absolute Gasteiger partial charge is 0.382 e. The minimum atomic E-state index is -0.252. The molecule has 2 aromatic heterocycles. The van der Waals surface area contributed by atoms with Crippen LogP contribution in [0.1, 0.15) is 18.4 Å². The maximum atomic E-state index is 13.0. The second kappa shape index (κ2) is 8.40. The number of carbonyl (C=O) groups is 1. The second-order valence-corrected chi connectivity index (χ2v) is 6.72. The number of nitrogens with zero attached hydrogens (tertiary/aromatic N) is 4. The van der Waals surface area contributed by atoms with Gasteiger partial charge >= 0.3 is 6.03 Å². The van der Waals surface area contributed by atoms with Crippen molar-refractivity contribution < 1.29 is 4.79 Å². The molecule has 0 spiro atoms. The normalized spacial score (nSPS) is 13.3. The lowest BCUT2D eigenvalue weighted by Crippen LogP contribution is -2.38. The van der Waals surface area contributed by atoms with E-state index in [0.29, 0.717) is 29.3 Å². The van der Waals surface area contributed by atoms with Crippen molar-refractivity contribution in [3.63, 3.8) is 0 Å². The van der Waals surface area contributed by atoms with Crippen LogP contribution in [0.15, 0.2) is 60.9 Å². The molecule has 0 bridgehead atoms. The molecule has 0 saturated heterocycles. The Morgan fingerprint density at radius 3 is 2.93 bits per heavy atom. The predicted octanol–water partition coefficient (Wildman–Crippen LogP) is 4.26. The quantitative estimate of drug-likeness (QED) is 0.688. The van der Waals surface area contributed by atoms with Crippen LogP contribution in [0.25, 0.3) is 11.3 Å². The first-order valence-electron chi connectivity index (χ1n) is 9.48. The molecule has 2 amide bonds. The van der Waals surface area contributed by atoms with Crippen LogP contribution in [0.5, 0.6) is 0 Å². The number of hydrogen-bond donors (Lipinski definition) is 2. The minimum Gasteiger partial charge on any atom is -0.382 e. The molecule has 0 fully saturated rings. The van der Waals surface area contributed by atoms with E-state index >= 15 is 0 Å². The number of fused-ring (bicyclic) bond motifs is 1. The molecule has 7 heteroatoms. The van der Waals surface area contributed by atoms with E-state index in [2.05, 4.69) is 21.7 Å². The third-order valence-electron chi connectivity index (χ3n) is 4.70. The highest BCUT2D eigenvalue weighted by Crippen LogP contribution is 2.30. The summed E-state index contributed by atoms with van der Waals surface area (Å²) >= 11 is 0. The second-order valence-electron chi connectivity index (χ2n) is 6.72. The van der Waals surface area contributed by atoms with E-state index in [1.807, 2.05) is 24.3 Å². The van der Waals surface area contributed by atoms with Gasteiger partial charge in [-0.3, -0.25) is 9.88 Å². The fourth-order valence-electron chi connectivity index (χ4n) is 3.25. The van der Waals surface area contributed by atoms with Gasteiger partial charge < -0.3 is 10.6 Å². The van der Waals surface area contributed by atoms with Gasteiger partial charge in [0.25, 0.3) is 0 Å². The Morgan fingerprint density at radius 1 is 1.17 bits per heavy atom. The summed E-state index contributed by atoms with van der Waals surface area (Å²) in [5, 5.41) is 15.4. The molecule has 1 aromatic carbocycles. The topological polar surface area (TPSA) is 93.9 Å². The van der Waals surface area contributed by atoms with Crippen molar-refractivity contribution in [1.82, 2.24) is 9.97 Å². The smallest absolute Gasteiger partial charge is 0.327 e. The molecular weight excluding hydrogens is 364 g/mol. The van der Waals surface area contributed by atoms with Gasteiger partial charge in [0.1, 0.15) is 0 Å². The molecule has 144 valence electrons. The van der Waals surface area contributed by atoms with E-state index in [-0.39, 0.29) is 6.03 Å². The molecule has 0 radical (unpaired) electrons. The van der Waals surface area contributed by atoms with Gasteiger partial charge in [-0.25, -0.2) is 9.78 Å². The summed E-state index contributed by atoms with van der Waals surface area (Å²) in [5.41, 5.74) is 3.56. The monoisotopic (exact) mass is 384 g/mol. The van der Waals surface area contributed by atoms with Crippen LogP contribution >= 0.6 is 0 Å². The lowest BCUT2D eigenvalue weighted by atomic mass is 10.1. The van der Waals surface area contributed by atoms with E-state index in [4.69, 9.17) is 4.98 Å². The average Bonchev–Trinajstić information content (AvgIpc) is 2.75. The highest BCUT2D eigenvalue weighted by atomic mass is 16.2. The van der Waals surface area contributed by atoms with Crippen LogP contribution in [0.3, 0.4) is 0 Å². The van der Waals surface area contributed by atoms with E-state index in [9.17, 15) is 10.1 Å². The van der Waals surface area contributed by atoms with E-state index in [1.165, 1.54) is 0 Å². The van der Waals surface area contributed by atoms with Crippen LogP contribution in [0.4, 0.5) is 22.0 Å². The standard InChI is InChI=1S/C22H20N6O/c23-14-16-5-3-6-17(13-16)19-8-9-20-21(27-19)28(12-2-1-11-25-20)22(29)26-18-7-4-10-24-15-18/h3-10,13,15,25H,1-2,11-12H2,(H,26,29). The van der Waals surface area contributed by atoms with Crippen molar-refractivity contribution in [2.24, 2.45) is 0 Å². The fraction of sp³-hybridized carbons (Fsp3) is 0.182. The molecule has 2 N–H and O–H groups in total. The number of anilines is 3. The highest BCUT2D eigenvalue weighted by Gasteiger charge is 2.23. The van der Waals surface area contributed by atoms with Crippen molar-refractivity contribution in [3.05, 3.63) is 66.5 Å². The first-order valence-corrected chi connectivity index (χ1v) is 9.48. The number of benzene rings is 1. The Bertz CT molecular complexity index is 1060. The van der Waals surface area contributed by atoms with Gasteiger partial charge in [0.05, 0.1) is 34.9 Å². The van der Waals surface area contributed by atoms with Crippen LogP contribution in [-0.2, 0) is 0 Å². The summed E-state index contributed by atoms with van der Waals surface area (Å²) in [4.78, 5) is 23.5. The molecule has 0 aliphatic carbocycles. The summed E-state index contributed by atoms with van der Waals surface area (Å²) < 4.78 is 0.